The Hall–Kier alpha value is -1.53. The monoisotopic (exact) mass is 318 g/mol. The number of hydrogen-bond donors (Lipinski definition) is 1. The zero-order valence-corrected chi connectivity index (χ0v) is 12.1. The number of nitrogens with zero attached hydrogens (tertiary/aromatic N) is 2. The first-order valence-electron chi connectivity index (χ1n) is 5.86. The fourth-order valence-corrected chi connectivity index (χ4v) is 2.58. The third kappa shape index (κ3) is 2.53. The number of halogens is 2. The third-order valence-electron chi connectivity index (χ3n) is 3.54. The summed E-state index contributed by atoms with van der Waals surface area (Å²) in [5, 5.41) is 20.6. The van der Waals surface area contributed by atoms with Gasteiger partial charge in [-0.1, -0.05) is 23.2 Å². The highest BCUT2D eigenvalue weighted by Crippen LogP contribution is 2.41. The lowest BCUT2D eigenvalue weighted by Crippen LogP contribution is -2.31. The van der Waals surface area contributed by atoms with Crippen LogP contribution < -0.4 is 4.90 Å². The van der Waals surface area contributed by atoms with Gasteiger partial charge in [0.2, 0.25) is 0 Å². The molecule has 1 aromatic carbocycles. The summed E-state index contributed by atoms with van der Waals surface area (Å²) in [6.07, 6.45) is 0.416. The zero-order valence-electron chi connectivity index (χ0n) is 10.6. The van der Waals surface area contributed by atoms with Crippen molar-refractivity contribution < 1.29 is 14.8 Å². The molecule has 1 aliphatic heterocycles. The molecule has 0 spiro atoms. The predicted octanol–water partition coefficient (Wildman–Crippen LogP) is 3.20. The lowest BCUT2D eigenvalue weighted by Gasteiger charge is -2.22. The summed E-state index contributed by atoms with van der Waals surface area (Å²) in [6, 6.07) is 2.60. The minimum absolute atomic E-state index is 0.0994. The molecule has 0 radical (unpaired) electrons. The molecular weight excluding hydrogens is 307 g/mol. The Morgan fingerprint density at radius 3 is 2.55 bits per heavy atom. The Morgan fingerprint density at radius 2 is 2.05 bits per heavy atom. The summed E-state index contributed by atoms with van der Waals surface area (Å²) in [7, 11) is 0. The molecule has 0 aliphatic carbocycles. The molecule has 1 heterocycles. The van der Waals surface area contributed by atoms with Gasteiger partial charge in [-0.15, -0.1) is 0 Å². The smallest absolute Gasteiger partial charge is 0.311 e. The standard InChI is InChI=1S/C12H12Cl2N2O4/c1-12(11(17)18)2-3-15(6-12)9-4-7(13)8(14)5-10(9)16(19)20/h4-5H,2-3,6H2,1H3,(H,17,18). The summed E-state index contributed by atoms with van der Waals surface area (Å²) in [4.78, 5) is 23.4. The number of carboxylic acid groups (broad SMARTS) is 1. The van der Waals surface area contributed by atoms with Crippen LogP contribution >= 0.6 is 23.2 Å². The van der Waals surface area contributed by atoms with Crippen LogP contribution in [0.1, 0.15) is 13.3 Å². The van der Waals surface area contributed by atoms with Crippen molar-refractivity contribution in [1.29, 1.82) is 0 Å². The first-order valence-corrected chi connectivity index (χ1v) is 6.62. The molecule has 0 aromatic heterocycles. The molecule has 6 nitrogen and oxygen atoms in total. The first-order chi connectivity index (χ1) is 9.24. The molecule has 1 N–H and O–H groups in total. The molecule has 1 fully saturated rings. The van der Waals surface area contributed by atoms with Crippen molar-refractivity contribution in [2.75, 3.05) is 18.0 Å². The van der Waals surface area contributed by atoms with E-state index in [-0.39, 0.29) is 22.3 Å². The molecule has 2 rings (SSSR count). The fraction of sp³-hybridized carbons (Fsp3) is 0.417. The molecule has 1 aliphatic rings. The van der Waals surface area contributed by atoms with Crippen LogP contribution in [-0.2, 0) is 4.79 Å². The van der Waals surface area contributed by atoms with Crippen molar-refractivity contribution in [3.05, 3.63) is 32.3 Å². The zero-order chi connectivity index (χ0) is 15.1. The molecular formula is C12H12Cl2N2O4. The SMILES string of the molecule is CC1(C(=O)O)CCN(c2cc(Cl)c(Cl)cc2[N+](=O)[O-])C1. The number of benzene rings is 1. The van der Waals surface area contributed by atoms with E-state index in [0.717, 1.165) is 0 Å². The van der Waals surface area contributed by atoms with Gasteiger partial charge in [0, 0.05) is 19.2 Å². The summed E-state index contributed by atoms with van der Waals surface area (Å²) >= 11 is 11.7. The maximum atomic E-state index is 11.2. The van der Waals surface area contributed by atoms with Crippen molar-refractivity contribution in [2.45, 2.75) is 13.3 Å². The normalized spacial score (nSPS) is 22.1. The minimum atomic E-state index is -0.917. The Morgan fingerprint density at radius 1 is 1.45 bits per heavy atom. The number of anilines is 1. The van der Waals surface area contributed by atoms with Gasteiger partial charge < -0.3 is 10.0 Å². The van der Waals surface area contributed by atoms with Crippen LogP contribution in [0.3, 0.4) is 0 Å². The van der Waals surface area contributed by atoms with Crippen molar-refractivity contribution in [1.82, 2.24) is 0 Å². The van der Waals surface area contributed by atoms with E-state index in [1.54, 1.807) is 11.8 Å². The van der Waals surface area contributed by atoms with E-state index in [0.29, 0.717) is 18.7 Å². The number of hydrogen-bond acceptors (Lipinski definition) is 4. The van der Waals surface area contributed by atoms with Gasteiger partial charge in [-0.3, -0.25) is 14.9 Å². The van der Waals surface area contributed by atoms with E-state index in [1.807, 2.05) is 0 Å². The van der Waals surface area contributed by atoms with Crippen LogP contribution in [0.25, 0.3) is 0 Å². The molecule has 108 valence electrons. The van der Waals surface area contributed by atoms with Crippen molar-refractivity contribution in [3.8, 4) is 0 Å². The largest absolute Gasteiger partial charge is 0.481 e. The lowest BCUT2D eigenvalue weighted by atomic mass is 9.90. The number of carboxylic acids is 1. The maximum absolute atomic E-state index is 11.2. The van der Waals surface area contributed by atoms with Crippen LogP contribution in [0.2, 0.25) is 10.0 Å². The van der Waals surface area contributed by atoms with Gasteiger partial charge in [0.15, 0.2) is 0 Å². The second kappa shape index (κ2) is 5.10. The van der Waals surface area contributed by atoms with Crippen molar-refractivity contribution in [2.24, 2.45) is 5.41 Å². The number of aliphatic carboxylic acids is 1. The average Bonchev–Trinajstić information content (AvgIpc) is 2.76. The Kier molecular flexibility index (Phi) is 3.80. The van der Waals surface area contributed by atoms with Gasteiger partial charge in [-0.2, -0.15) is 0 Å². The highest BCUT2D eigenvalue weighted by molar-refractivity contribution is 6.42. The van der Waals surface area contributed by atoms with Crippen LogP contribution in [-0.4, -0.2) is 29.1 Å². The van der Waals surface area contributed by atoms with Crippen molar-refractivity contribution >= 4 is 40.5 Å². The van der Waals surface area contributed by atoms with E-state index < -0.39 is 16.3 Å². The van der Waals surface area contributed by atoms with Crippen molar-refractivity contribution in [3.63, 3.8) is 0 Å². The van der Waals surface area contributed by atoms with E-state index in [2.05, 4.69) is 0 Å². The molecule has 1 atom stereocenters. The molecule has 0 saturated carbocycles. The average molecular weight is 319 g/mol. The number of carbonyl (C=O) groups is 1. The number of nitro groups is 1. The highest BCUT2D eigenvalue weighted by Gasteiger charge is 2.42. The molecule has 20 heavy (non-hydrogen) atoms. The van der Waals surface area contributed by atoms with Gasteiger partial charge in [0.05, 0.1) is 20.4 Å². The molecule has 8 heteroatoms. The highest BCUT2D eigenvalue weighted by atomic mass is 35.5. The molecule has 0 bridgehead atoms. The summed E-state index contributed by atoms with van der Waals surface area (Å²) in [5.41, 5.74) is -0.789. The van der Waals surface area contributed by atoms with Crippen LogP contribution in [0.5, 0.6) is 0 Å². The summed E-state index contributed by atoms with van der Waals surface area (Å²) in [5.74, 6) is -0.914. The second-order valence-corrected chi connectivity index (χ2v) is 5.86. The van der Waals surface area contributed by atoms with E-state index in [1.165, 1.54) is 12.1 Å². The minimum Gasteiger partial charge on any atom is -0.481 e. The Balaban J connectivity index is 2.42. The molecule has 1 saturated heterocycles. The number of rotatable bonds is 3. The quantitative estimate of drug-likeness (QED) is 0.683. The van der Waals surface area contributed by atoms with Crippen LogP contribution in [0, 0.1) is 15.5 Å². The first kappa shape index (κ1) is 14.9. The predicted molar refractivity (Wildman–Crippen MR) is 75.7 cm³/mol. The summed E-state index contributed by atoms with van der Waals surface area (Å²) < 4.78 is 0. The van der Waals surface area contributed by atoms with Gasteiger partial charge in [-0.05, 0) is 19.4 Å². The van der Waals surface area contributed by atoms with Gasteiger partial charge in [0.25, 0.3) is 5.69 Å². The van der Waals surface area contributed by atoms with E-state index >= 15 is 0 Å². The van der Waals surface area contributed by atoms with Crippen LogP contribution in [0.15, 0.2) is 12.1 Å². The fourth-order valence-electron chi connectivity index (χ4n) is 2.27. The third-order valence-corrected chi connectivity index (χ3v) is 4.27. The Bertz CT molecular complexity index is 593. The van der Waals surface area contributed by atoms with Gasteiger partial charge in [0.1, 0.15) is 5.69 Å². The topological polar surface area (TPSA) is 83.7 Å². The summed E-state index contributed by atoms with van der Waals surface area (Å²) in [6.45, 7) is 2.24. The molecule has 1 unspecified atom stereocenters. The number of nitro benzene ring substituents is 1. The lowest BCUT2D eigenvalue weighted by molar-refractivity contribution is -0.384. The van der Waals surface area contributed by atoms with Gasteiger partial charge in [-0.25, -0.2) is 0 Å². The van der Waals surface area contributed by atoms with Crippen LogP contribution in [0.4, 0.5) is 11.4 Å². The van der Waals surface area contributed by atoms with Gasteiger partial charge >= 0.3 is 5.97 Å². The second-order valence-electron chi connectivity index (χ2n) is 5.05. The van der Waals surface area contributed by atoms with E-state index in [4.69, 9.17) is 23.2 Å². The molecule has 1 aromatic rings. The molecule has 0 amide bonds. The van der Waals surface area contributed by atoms with E-state index in [9.17, 15) is 20.0 Å². The Labute approximate surface area is 125 Å². The maximum Gasteiger partial charge on any atom is 0.311 e.